The van der Waals surface area contributed by atoms with Crippen LogP contribution in [-0.4, -0.2) is 40.3 Å². The highest BCUT2D eigenvalue weighted by molar-refractivity contribution is 7.14. The summed E-state index contributed by atoms with van der Waals surface area (Å²) < 4.78 is 0. The van der Waals surface area contributed by atoms with Gasteiger partial charge in [-0.15, -0.1) is 11.3 Å². The van der Waals surface area contributed by atoms with Crippen LogP contribution >= 0.6 is 11.3 Å². The van der Waals surface area contributed by atoms with Gasteiger partial charge in [-0.2, -0.15) is 0 Å². The molecule has 2 amide bonds. The molecule has 0 saturated carbocycles. The topological polar surface area (TPSA) is 62.3 Å². The van der Waals surface area contributed by atoms with Gasteiger partial charge in [-0.3, -0.25) is 9.59 Å². The summed E-state index contributed by atoms with van der Waals surface area (Å²) in [7, 11) is 0. The van der Waals surface area contributed by atoms with Crippen molar-refractivity contribution in [3.63, 3.8) is 0 Å². The average Bonchev–Trinajstić information content (AvgIpc) is 3.20. The largest absolute Gasteiger partial charge is 0.350 e. The second kappa shape index (κ2) is 9.43. The third-order valence-electron chi connectivity index (χ3n) is 5.77. The SMILES string of the molecule is Cc1nc(-c2ccccc2)c(C(=O)N2C(C)CCCC2CNC(=O)c2ccccc2)s1. The molecule has 0 radical (unpaired) electrons. The number of thiazole rings is 1. The molecule has 0 bridgehead atoms. The highest BCUT2D eigenvalue weighted by atomic mass is 32.1. The van der Waals surface area contributed by atoms with Crippen molar-refractivity contribution in [2.24, 2.45) is 0 Å². The second-order valence-corrected chi connectivity index (χ2v) is 9.20. The molecule has 4 rings (SSSR count). The lowest BCUT2D eigenvalue weighted by molar-refractivity contribution is 0.0477. The van der Waals surface area contributed by atoms with Gasteiger partial charge in [0.25, 0.3) is 11.8 Å². The molecule has 1 N–H and O–H groups in total. The molecule has 2 aromatic carbocycles. The number of carbonyl (C=O) groups excluding carboxylic acids is 2. The lowest BCUT2D eigenvalue weighted by Gasteiger charge is -2.40. The number of benzene rings is 2. The Hall–Kier alpha value is -2.99. The van der Waals surface area contributed by atoms with Crippen LogP contribution in [0.4, 0.5) is 0 Å². The van der Waals surface area contributed by atoms with Crippen LogP contribution in [0, 0.1) is 6.92 Å². The number of hydrogen-bond acceptors (Lipinski definition) is 4. The van der Waals surface area contributed by atoms with Gasteiger partial charge in [0.15, 0.2) is 0 Å². The van der Waals surface area contributed by atoms with Gasteiger partial charge >= 0.3 is 0 Å². The van der Waals surface area contributed by atoms with Gasteiger partial charge in [-0.1, -0.05) is 48.5 Å². The van der Waals surface area contributed by atoms with E-state index in [1.54, 1.807) is 12.1 Å². The van der Waals surface area contributed by atoms with Crippen molar-refractivity contribution in [3.8, 4) is 11.3 Å². The number of nitrogens with one attached hydrogen (secondary N) is 1. The zero-order valence-electron chi connectivity index (χ0n) is 17.9. The number of nitrogens with zero attached hydrogens (tertiary/aromatic N) is 2. The number of hydrogen-bond donors (Lipinski definition) is 1. The maximum Gasteiger partial charge on any atom is 0.266 e. The Bertz CT molecular complexity index is 1050. The van der Waals surface area contributed by atoms with Crippen molar-refractivity contribution < 1.29 is 9.59 Å². The Labute approximate surface area is 187 Å². The molecule has 0 aliphatic carbocycles. The van der Waals surface area contributed by atoms with Crippen molar-refractivity contribution >= 4 is 23.2 Å². The fraction of sp³-hybridized carbons (Fsp3) is 0.320. The summed E-state index contributed by atoms with van der Waals surface area (Å²) >= 11 is 1.45. The molecule has 2 unspecified atom stereocenters. The number of amides is 2. The Morgan fingerprint density at radius 3 is 2.45 bits per heavy atom. The highest BCUT2D eigenvalue weighted by Gasteiger charge is 2.35. The molecule has 160 valence electrons. The van der Waals surface area contributed by atoms with E-state index in [1.807, 2.05) is 60.4 Å². The molecule has 3 aromatic rings. The Kier molecular flexibility index (Phi) is 6.47. The number of aromatic nitrogens is 1. The fourth-order valence-corrected chi connectivity index (χ4v) is 5.12. The Balaban J connectivity index is 1.56. The molecule has 31 heavy (non-hydrogen) atoms. The molecule has 2 heterocycles. The molecule has 2 atom stereocenters. The number of rotatable bonds is 5. The van der Waals surface area contributed by atoms with E-state index in [2.05, 4.69) is 17.2 Å². The molecule has 1 aromatic heterocycles. The van der Waals surface area contributed by atoms with E-state index in [-0.39, 0.29) is 23.9 Å². The van der Waals surface area contributed by atoms with E-state index < -0.39 is 0 Å². The monoisotopic (exact) mass is 433 g/mol. The first kappa shape index (κ1) is 21.2. The normalized spacial score (nSPS) is 18.6. The highest BCUT2D eigenvalue weighted by Crippen LogP contribution is 2.32. The van der Waals surface area contributed by atoms with Gasteiger partial charge in [0.2, 0.25) is 0 Å². The predicted octanol–water partition coefficient (Wildman–Crippen LogP) is 4.93. The quantitative estimate of drug-likeness (QED) is 0.620. The van der Waals surface area contributed by atoms with Crippen LogP contribution in [0.25, 0.3) is 11.3 Å². The molecule has 1 aliphatic rings. The zero-order chi connectivity index (χ0) is 21.8. The van der Waals surface area contributed by atoms with Gasteiger partial charge in [0.1, 0.15) is 4.88 Å². The van der Waals surface area contributed by atoms with E-state index in [0.717, 1.165) is 35.5 Å². The first-order chi connectivity index (χ1) is 15.0. The van der Waals surface area contributed by atoms with Crippen molar-refractivity contribution in [2.75, 3.05) is 6.54 Å². The zero-order valence-corrected chi connectivity index (χ0v) is 18.7. The second-order valence-electron chi connectivity index (χ2n) is 8.00. The van der Waals surface area contributed by atoms with Crippen LogP contribution in [0.5, 0.6) is 0 Å². The van der Waals surface area contributed by atoms with Gasteiger partial charge in [0, 0.05) is 29.8 Å². The van der Waals surface area contributed by atoms with Crippen LogP contribution in [0.15, 0.2) is 60.7 Å². The Morgan fingerprint density at radius 2 is 1.74 bits per heavy atom. The van der Waals surface area contributed by atoms with E-state index in [1.165, 1.54) is 11.3 Å². The van der Waals surface area contributed by atoms with Gasteiger partial charge in [0.05, 0.1) is 10.7 Å². The number of carbonyl (C=O) groups is 2. The summed E-state index contributed by atoms with van der Waals surface area (Å²) in [6, 6.07) is 19.1. The fourth-order valence-electron chi connectivity index (χ4n) is 4.24. The third kappa shape index (κ3) is 4.69. The van der Waals surface area contributed by atoms with Crippen LogP contribution in [0.2, 0.25) is 0 Å². The van der Waals surface area contributed by atoms with Crippen LogP contribution in [0.1, 0.15) is 51.2 Å². The lowest BCUT2D eigenvalue weighted by atomic mass is 9.95. The summed E-state index contributed by atoms with van der Waals surface area (Å²) in [4.78, 5) is 33.6. The van der Waals surface area contributed by atoms with E-state index in [0.29, 0.717) is 17.0 Å². The van der Waals surface area contributed by atoms with Crippen molar-refractivity contribution in [2.45, 2.75) is 45.2 Å². The first-order valence-corrected chi connectivity index (χ1v) is 11.5. The maximum atomic E-state index is 13.7. The van der Waals surface area contributed by atoms with Crippen LogP contribution in [-0.2, 0) is 0 Å². The minimum atomic E-state index is -0.107. The van der Waals surface area contributed by atoms with Crippen molar-refractivity contribution in [1.29, 1.82) is 0 Å². The molecule has 1 saturated heterocycles. The molecule has 5 nitrogen and oxygen atoms in total. The molecular formula is C25H27N3O2S. The molecular weight excluding hydrogens is 406 g/mol. The van der Waals surface area contributed by atoms with Crippen molar-refractivity contribution in [3.05, 3.63) is 76.1 Å². The maximum absolute atomic E-state index is 13.7. The summed E-state index contributed by atoms with van der Waals surface area (Å²) in [5, 5.41) is 3.91. The Morgan fingerprint density at radius 1 is 1.06 bits per heavy atom. The molecule has 0 spiro atoms. The average molecular weight is 434 g/mol. The summed E-state index contributed by atoms with van der Waals surface area (Å²) in [5.41, 5.74) is 2.33. The summed E-state index contributed by atoms with van der Waals surface area (Å²) in [6.07, 6.45) is 2.89. The lowest BCUT2D eigenvalue weighted by Crippen LogP contribution is -2.53. The minimum absolute atomic E-state index is 0.00983. The van der Waals surface area contributed by atoms with E-state index in [4.69, 9.17) is 0 Å². The summed E-state index contributed by atoms with van der Waals surface area (Å²) in [6.45, 7) is 4.48. The van der Waals surface area contributed by atoms with Gasteiger partial charge in [-0.25, -0.2) is 4.98 Å². The minimum Gasteiger partial charge on any atom is -0.350 e. The van der Waals surface area contributed by atoms with E-state index >= 15 is 0 Å². The smallest absolute Gasteiger partial charge is 0.266 e. The van der Waals surface area contributed by atoms with Gasteiger partial charge in [-0.05, 0) is 45.2 Å². The van der Waals surface area contributed by atoms with E-state index in [9.17, 15) is 9.59 Å². The molecule has 1 aliphatic heterocycles. The van der Waals surface area contributed by atoms with Crippen LogP contribution in [0.3, 0.4) is 0 Å². The number of likely N-dealkylation sites (tertiary alicyclic amines) is 1. The number of aryl methyl sites for hydroxylation is 1. The summed E-state index contributed by atoms with van der Waals surface area (Å²) in [5.74, 6) is -0.0968. The molecule has 6 heteroatoms. The first-order valence-electron chi connectivity index (χ1n) is 10.7. The number of piperidine rings is 1. The van der Waals surface area contributed by atoms with Crippen molar-refractivity contribution in [1.82, 2.24) is 15.2 Å². The predicted molar refractivity (Wildman–Crippen MR) is 124 cm³/mol. The standard InChI is InChI=1S/C25H27N3O2S/c1-17-10-9-15-21(16-26-24(29)20-13-7-4-8-14-20)28(17)25(30)23-22(27-18(2)31-23)19-11-5-3-6-12-19/h3-8,11-14,17,21H,9-10,15-16H2,1-2H3,(H,26,29). The van der Waals surface area contributed by atoms with Crippen LogP contribution < -0.4 is 5.32 Å². The third-order valence-corrected chi connectivity index (χ3v) is 6.73. The van der Waals surface area contributed by atoms with Gasteiger partial charge < -0.3 is 10.2 Å². The molecule has 1 fully saturated rings.